The first-order valence-corrected chi connectivity index (χ1v) is 6.88. The van der Waals surface area contributed by atoms with Crippen LogP contribution in [-0.2, 0) is 4.74 Å². The van der Waals surface area contributed by atoms with Crippen LogP contribution < -0.4 is 5.73 Å². The third-order valence-corrected chi connectivity index (χ3v) is 2.83. The molecular formula is C13H30ClNO3. The number of aliphatic hydroxyl groups excluding tert-OH is 2. The molecule has 0 rings (SSSR count). The summed E-state index contributed by atoms with van der Waals surface area (Å²) in [6.45, 7) is 2.98. The predicted molar refractivity (Wildman–Crippen MR) is 76.9 cm³/mol. The van der Waals surface area contributed by atoms with Gasteiger partial charge in [0.25, 0.3) is 0 Å². The molecule has 0 aromatic carbocycles. The normalized spacial score (nSPS) is 14.0. The van der Waals surface area contributed by atoms with Crippen molar-refractivity contribution in [3.05, 3.63) is 0 Å². The Hall–Kier alpha value is 0.130. The van der Waals surface area contributed by atoms with Crippen LogP contribution in [0.25, 0.3) is 0 Å². The summed E-state index contributed by atoms with van der Waals surface area (Å²) < 4.78 is 5.21. The van der Waals surface area contributed by atoms with E-state index in [1.165, 1.54) is 44.9 Å². The standard InChI is InChI=1S/C13H29NO3.ClH/c1-2-3-4-5-6-7-8-9-10-17-11-12(15)13(14)16;/h12-13,15-16H,2-11,14H2,1H3;1H. The van der Waals surface area contributed by atoms with Crippen molar-refractivity contribution in [1.82, 2.24) is 0 Å². The molecule has 2 atom stereocenters. The highest BCUT2D eigenvalue weighted by Crippen LogP contribution is 2.08. The predicted octanol–water partition coefficient (Wildman–Crippen LogP) is 2.20. The van der Waals surface area contributed by atoms with Crippen molar-refractivity contribution in [2.45, 2.75) is 70.6 Å². The van der Waals surface area contributed by atoms with Gasteiger partial charge in [-0.2, -0.15) is 0 Å². The molecule has 2 unspecified atom stereocenters. The van der Waals surface area contributed by atoms with Gasteiger partial charge in [-0.05, 0) is 6.42 Å². The van der Waals surface area contributed by atoms with Gasteiger partial charge in [-0.15, -0.1) is 12.4 Å². The summed E-state index contributed by atoms with van der Waals surface area (Å²) in [4.78, 5) is 0. The van der Waals surface area contributed by atoms with Gasteiger partial charge < -0.3 is 20.7 Å². The lowest BCUT2D eigenvalue weighted by Gasteiger charge is -2.13. The minimum atomic E-state index is -1.20. The van der Waals surface area contributed by atoms with E-state index in [1.807, 2.05) is 0 Å². The number of hydrogen-bond acceptors (Lipinski definition) is 4. The fourth-order valence-electron chi connectivity index (χ4n) is 1.64. The summed E-state index contributed by atoms with van der Waals surface area (Å²) in [7, 11) is 0. The zero-order valence-electron chi connectivity index (χ0n) is 11.5. The van der Waals surface area contributed by atoms with E-state index >= 15 is 0 Å². The van der Waals surface area contributed by atoms with E-state index in [4.69, 9.17) is 20.7 Å². The van der Waals surface area contributed by atoms with E-state index in [1.54, 1.807) is 0 Å². The summed E-state index contributed by atoms with van der Waals surface area (Å²) in [6.07, 6.45) is 7.93. The maximum atomic E-state index is 9.15. The second-order valence-corrected chi connectivity index (χ2v) is 4.61. The molecule has 0 aromatic heterocycles. The smallest absolute Gasteiger partial charge is 0.130 e. The minimum absolute atomic E-state index is 0. The highest BCUT2D eigenvalue weighted by Gasteiger charge is 2.10. The first-order chi connectivity index (χ1) is 8.18. The molecule has 0 heterocycles. The number of aliphatic hydroxyl groups is 2. The molecule has 18 heavy (non-hydrogen) atoms. The van der Waals surface area contributed by atoms with Gasteiger partial charge in [0.15, 0.2) is 0 Å². The van der Waals surface area contributed by atoms with E-state index in [-0.39, 0.29) is 19.0 Å². The number of rotatable bonds is 12. The molecule has 0 aliphatic rings. The topological polar surface area (TPSA) is 75.7 Å². The molecular weight excluding hydrogens is 254 g/mol. The Balaban J connectivity index is 0. The number of hydrogen-bond donors (Lipinski definition) is 3. The van der Waals surface area contributed by atoms with Crippen LogP contribution in [-0.4, -0.2) is 35.8 Å². The van der Waals surface area contributed by atoms with Crippen molar-refractivity contribution in [3.63, 3.8) is 0 Å². The number of ether oxygens (including phenoxy) is 1. The van der Waals surface area contributed by atoms with Crippen LogP contribution in [0.2, 0.25) is 0 Å². The number of unbranched alkanes of at least 4 members (excludes halogenated alkanes) is 7. The zero-order chi connectivity index (χ0) is 12.9. The molecule has 0 aromatic rings. The van der Waals surface area contributed by atoms with Gasteiger partial charge in [0.1, 0.15) is 12.3 Å². The summed E-state index contributed by atoms with van der Waals surface area (Å²) in [6, 6.07) is 0. The first kappa shape index (κ1) is 20.4. The highest BCUT2D eigenvalue weighted by atomic mass is 35.5. The molecule has 0 fully saturated rings. The monoisotopic (exact) mass is 283 g/mol. The maximum Gasteiger partial charge on any atom is 0.130 e. The van der Waals surface area contributed by atoms with Crippen LogP contribution in [0.3, 0.4) is 0 Å². The fraction of sp³-hybridized carbons (Fsp3) is 1.00. The van der Waals surface area contributed by atoms with Crippen molar-refractivity contribution in [1.29, 1.82) is 0 Å². The lowest BCUT2D eigenvalue weighted by Crippen LogP contribution is -2.37. The molecule has 4 nitrogen and oxygen atoms in total. The molecule has 0 saturated carbocycles. The second-order valence-electron chi connectivity index (χ2n) is 4.61. The van der Waals surface area contributed by atoms with Crippen LogP contribution >= 0.6 is 12.4 Å². The van der Waals surface area contributed by atoms with Crippen molar-refractivity contribution < 1.29 is 14.9 Å². The van der Waals surface area contributed by atoms with Crippen LogP contribution in [0, 0.1) is 0 Å². The SMILES string of the molecule is CCCCCCCCCCOCC(O)C(N)O.Cl. The average Bonchev–Trinajstić information content (AvgIpc) is 2.31. The molecule has 0 aliphatic heterocycles. The largest absolute Gasteiger partial charge is 0.387 e. The summed E-state index contributed by atoms with van der Waals surface area (Å²) in [5.74, 6) is 0. The maximum absolute atomic E-state index is 9.15. The molecule has 0 amide bonds. The van der Waals surface area contributed by atoms with E-state index in [0.717, 1.165) is 6.42 Å². The van der Waals surface area contributed by atoms with Crippen molar-refractivity contribution in [2.75, 3.05) is 13.2 Å². The van der Waals surface area contributed by atoms with Gasteiger partial charge in [0.2, 0.25) is 0 Å². The zero-order valence-corrected chi connectivity index (χ0v) is 12.3. The van der Waals surface area contributed by atoms with Gasteiger partial charge in [-0.1, -0.05) is 51.9 Å². The van der Waals surface area contributed by atoms with Crippen LogP contribution in [0.1, 0.15) is 58.3 Å². The Labute approximate surface area is 117 Å². The van der Waals surface area contributed by atoms with Crippen LogP contribution in [0.15, 0.2) is 0 Å². The minimum Gasteiger partial charge on any atom is -0.387 e. The quantitative estimate of drug-likeness (QED) is 0.379. The van der Waals surface area contributed by atoms with Gasteiger partial charge in [-0.25, -0.2) is 0 Å². The summed E-state index contributed by atoms with van der Waals surface area (Å²) in [5, 5.41) is 18.0. The molecule has 0 bridgehead atoms. The van der Waals surface area contributed by atoms with Gasteiger partial charge in [0.05, 0.1) is 6.61 Å². The number of halogens is 1. The Morgan fingerprint density at radius 2 is 1.44 bits per heavy atom. The lowest BCUT2D eigenvalue weighted by molar-refractivity contribution is -0.0356. The molecule has 0 radical (unpaired) electrons. The highest BCUT2D eigenvalue weighted by molar-refractivity contribution is 5.85. The Morgan fingerprint density at radius 1 is 0.944 bits per heavy atom. The molecule has 112 valence electrons. The van der Waals surface area contributed by atoms with E-state index < -0.39 is 12.3 Å². The second kappa shape index (κ2) is 15.2. The third kappa shape index (κ3) is 14.2. The van der Waals surface area contributed by atoms with Crippen molar-refractivity contribution >= 4 is 12.4 Å². The number of nitrogens with two attached hydrogens (primary N) is 1. The van der Waals surface area contributed by atoms with Gasteiger partial charge >= 0.3 is 0 Å². The Kier molecular flexibility index (Phi) is 17.3. The summed E-state index contributed by atoms with van der Waals surface area (Å²) >= 11 is 0. The van der Waals surface area contributed by atoms with Gasteiger partial charge in [-0.3, -0.25) is 0 Å². The van der Waals surface area contributed by atoms with E-state index in [9.17, 15) is 0 Å². The van der Waals surface area contributed by atoms with Crippen LogP contribution in [0.5, 0.6) is 0 Å². The molecule has 0 aliphatic carbocycles. The molecule has 5 heteroatoms. The third-order valence-electron chi connectivity index (χ3n) is 2.83. The molecule has 4 N–H and O–H groups in total. The molecule has 0 saturated heterocycles. The van der Waals surface area contributed by atoms with Crippen LogP contribution in [0.4, 0.5) is 0 Å². The Bertz CT molecular complexity index is 159. The van der Waals surface area contributed by atoms with Crippen molar-refractivity contribution in [2.24, 2.45) is 5.73 Å². The van der Waals surface area contributed by atoms with E-state index in [0.29, 0.717) is 6.61 Å². The average molecular weight is 284 g/mol. The fourth-order valence-corrected chi connectivity index (χ4v) is 1.64. The first-order valence-electron chi connectivity index (χ1n) is 6.88. The van der Waals surface area contributed by atoms with E-state index in [2.05, 4.69) is 6.92 Å². The Morgan fingerprint density at radius 3 is 1.94 bits per heavy atom. The summed E-state index contributed by atoms with van der Waals surface area (Å²) in [5.41, 5.74) is 5.08. The molecule has 0 spiro atoms. The lowest BCUT2D eigenvalue weighted by atomic mass is 10.1. The van der Waals surface area contributed by atoms with Gasteiger partial charge in [0, 0.05) is 6.61 Å². The van der Waals surface area contributed by atoms with Crippen molar-refractivity contribution in [3.8, 4) is 0 Å².